The largest absolute Gasteiger partial charge is 0.453 e. The molecule has 0 spiro atoms. The SMILES string of the molecule is FC(F)(F)c1ncn(-c2ccc(-n3ccccc3=S)cn2)n1. The standard InChI is InChI=1S/C13H8F3N5S/c14-13(15,16)12-18-8-21(19-12)10-5-4-9(7-17-10)20-6-2-1-3-11(20)22/h1-8H. The predicted octanol–water partition coefficient (Wildman–Crippen LogP) is 3.20. The molecule has 3 heterocycles. The van der Waals surface area contributed by atoms with Crippen LogP contribution in [0.15, 0.2) is 49.1 Å². The van der Waals surface area contributed by atoms with E-state index in [0.717, 1.165) is 11.0 Å². The van der Waals surface area contributed by atoms with Crippen LogP contribution >= 0.6 is 12.2 Å². The van der Waals surface area contributed by atoms with Gasteiger partial charge in [0.15, 0.2) is 5.82 Å². The minimum atomic E-state index is -4.58. The third kappa shape index (κ3) is 2.75. The molecule has 3 aromatic heterocycles. The lowest BCUT2D eigenvalue weighted by atomic mass is 10.3. The van der Waals surface area contributed by atoms with Crippen molar-refractivity contribution in [1.29, 1.82) is 0 Å². The summed E-state index contributed by atoms with van der Waals surface area (Å²) in [6, 6.07) is 8.62. The van der Waals surface area contributed by atoms with Crippen molar-refractivity contribution in [3.8, 4) is 11.5 Å². The molecule has 0 bridgehead atoms. The molecule has 0 saturated heterocycles. The van der Waals surface area contributed by atoms with E-state index in [1.165, 1.54) is 6.20 Å². The quantitative estimate of drug-likeness (QED) is 0.680. The minimum Gasteiger partial charge on any atom is -0.307 e. The second-order valence-corrected chi connectivity index (χ2v) is 4.71. The number of alkyl halides is 3. The number of hydrogen-bond donors (Lipinski definition) is 0. The van der Waals surface area contributed by atoms with Gasteiger partial charge in [0, 0.05) is 6.20 Å². The number of hydrogen-bond acceptors (Lipinski definition) is 4. The summed E-state index contributed by atoms with van der Waals surface area (Å²) in [6.45, 7) is 0. The Morgan fingerprint density at radius 2 is 1.86 bits per heavy atom. The van der Waals surface area contributed by atoms with Crippen molar-refractivity contribution in [1.82, 2.24) is 24.3 Å². The molecule has 22 heavy (non-hydrogen) atoms. The highest BCUT2D eigenvalue weighted by atomic mass is 32.1. The molecule has 3 rings (SSSR count). The molecule has 9 heteroatoms. The number of nitrogens with zero attached hydrogens (tertiary/aromatic N) is 5. The van der Waals surface area contributed by atoms with Crippen molar-refractivity contribution in [2.75, 3.05) is 0 Å². The van der Waals surface area contributed by atoms with E-state index >= 15 is 0 Å². The normalized spacial score (nSPS) is 11.6. The Morgan fingerprint density at radius 3 is 2.45 bits per heavy atom. The highest BCUT2D eigenvalue weighted by Crippen LogP contribution is 2.25. The van der Waals surface area contributed by atoms with E-state index < -0.39 is 12.0 Å². The van der Waals surface area contributed by atoms with Crippen LogP contribution in [0.2, 0.25) is 0 Å². The van der Waals surface area contributed by atoms with Crippen molar-refractivity contribution < 1.29 is 13.2 Å². The van der Waals surface area contributed by atoms with Gasteiger partial charge >= 0.3 is 6.18 Å². The Balaban J connectivity index is 1.94. The molecule has 0 amide bonds. The van der Waals surface area contributed by atoms with E-state index in [4.69, 9.17) is 12.2 Å². The highest BCUT2D eigenvalue weighted by Gasteiger charge is 2.35. The smallest absolute Gasteiger partial charge is 0.307 e. The second kappa shape index (κ2) is 5.34. The van der Waals surface area contributed by atoms with Crippen LogP contribution in [0.1, 0.15) is 5.82 Å². The molecule has 0 aliphatic rings. The Labute approximate surface area is 127 Å². The fourth-order valence-electron chi connectivity index (χ4n) is 1.80. The number of aromatic nitrogens is 5. The van der Waals surface area contributed by atoms with Crippen molar-refractivity contribution in [2.24, 2.45) is 0 Å². The van der Waals surface area contributed by atoms with Crippen LogP contribution in [0.25, 0.3) is 11.5 Å². The van der Waals surface area contributed by atoms with Crippen LogP contribution < -0.4 is 0 Å². The lowest BCUT2D eigenvalue weighted by Gasteiger charge is -2.07. The van der Waals surface area contributed by atoms with Crippen molar-refractivity contribution in [2.45, 2.75) is 6.18 Å². The van der Waals surface area contributed by atoms with Gasteiger partial charge in [-0.15, -0.1) is 5.10 Å². The first-order valence-corrected chi connectivity index (χ1v) is 6.49. The first-order chi connectivity index (χ1) is 10.4. The molecule has 0 unspecified atom stereocenters. The summed E-state index contributed by atoms with van der Waals surface area (Å²) in [5.74, 6) is -0.974. The molecule has 0 aromatic carbocycles. The fraction of sp³-hybridized carbons (Fsp3) is 0.0769. The van der Waals surface area contributed by atoms with Crippen LogP contribution in [0, 0.1) is 4.64 Å². The topological polar surface area (TPSA) is 48.5 Å². The van der Waals surface area contributed by atoms with Gasteiger partial charge in [-0.3, -0.25) is 0 Å². The van der Waals surface area contributed by atoms with E-state index in [2.05, 4.69) is 15.1 Å². The van der Waals surface area contributed by atoms with Crippen LogP contribution in [-0.4, -0.2) is 24.3 Å². The Kier molecular flexibility index (Phi) is 3.49. The summed E-state index contributed by atoms with van der Waals surface area (Å²) in [6.07, 6.45) is -0.336. The zero-order valence-electron chi connectivity index (χ0n) is 10.9. The van der Waals surface area contributed by atoms with Crippen LogP contribution in [0.3, 0.4) is 0 Å². The molecule has 0 fully saturated rings. The van der Waals surface area contributed by atoms with Gasteiger partial charge in [0.2, 0.25) is 0 Å². The molecule has 0 N–H and O–H groups in total. The zero-order chi connectivity index (χ0) is 15.7. The molecular formula is C13H8F3N5S. The molecular weight excluding hydrogens is 315 g/mol. The van der Waals surface area contributed by atoms with Crippen molar-refractivity contribution >= 4 is 12.2 Å². The number of pyridine rings is 2. The van der Waals surface area contributed by atoms with Crippen molar-refractivity contribution in [3.63, 3.8) is 0 Å². The maximum absolute atomic E-state index is 12.5. The molecule has 0 aliphatic heterocycles. The summed E-state index contributed by atoms with van der Waals surface area (Å²) in [7, 11) is 0. The minimum absolute atomic E-state index is 0.231. The van der Waals surface area contributed by atoms with Gasteiger partial charge in [0.1, 0.15) is 11.0 Å². The average molecular weight is 323 g/mol. The van der Waals surface area contributed by atoms with Gasteiger partial charge in [0.05, 0.1) is 11.9 Å². The van der Waals surface area contributed by atoms with Gasteiger partial charge in [0.25, 0.3) is 5.82 Å². The highest BCUT2D eigenvalue weighted by molar-refractivity contribution is 7.71. The Hall–Kier alpha value is -2.55. The summed E-state index contributed by atoms with van der Waals surface area (Å²) < 4.78 is 40.7. The maximum Gasteiger partial charge on any atom is 0.453 e. The van der Waals surface area contributed by atoms with Gasteiger partial charge in [-0.05, 0) is 24.3 Å². The van der Waals surface area contributed by atoms with Crippen LogP contribution in [0.5, 0.6) is 0 Å². The molecule has 3 aromatic rings. The zero-order valence-corrected chi connectivity index (χ0v) is 11.7. The van der Waals surface area contributed by atoms with E-state index in [-0.39, 0.29) is 5.82 Å². The van der Waals surface area contributed by atoms with Gasteiger partial charge < -0.3 is 4.57 Å². The van der Waals surface area contributed by atoms with E-state index in [1.54, 1.807) is 29.0 Å². The monoisotopic (exact) mass is 323 g/mol. The van der Waals surface area contributed by atoms with Crippen molar-refractivity contribution in [3.05, 3.63) is 59.5 Å². The van der Waals surface area contributed by atoms with E-state index in [1.807, 2.05) is 12.1 Å². The van der Waals surface area contributed by atoms with E-state index in [0.29, 0.717) is 10.3 Å². The molecule has 0 aliphatic carbocycles. The molecule has 0 radical (unpaired) electrons. The average Bonchev–Trinajstić information content (AvgIpc) is 2.98. The van der Waals surface area contributed by atoms with Crippen LogP contribution in [0.4, 0.5) is 13.2 Å². The lowest BCUT2D eigenvalue weighted by molar-refractivity contribution is -0.144. The first kappa shape index (κ1) is 14.4. The molecule has 5 nitrogen and oxygen atoms in total. The third-order valence-corrected chi connectivity index (χ3v) is 3.15. The lowest BCUT2D eigenvalue weighted by Crippen LogP contribution is -2.09. The maximum atomic E-state index is 12.5. The van der Waals surface area contributed by atoms with Crippen LogP contribution in [-0.2, 0) is 6.18 Å². The van der Waals surface area contributed by atoms with Gasteiger partial charge in [-0.25, -0.2) is 14.6 Å². The molecule has 0 atom stereocenters. The summed E-state index contributed by atoms with van der Waals surface area (Å²) >= 11 is 5.19. The first-order valence-electron chi connectivity index (χ1n) is 6.08. The fourth-order valence-corrected chi connectivity index (χ4v) is 2.05. The summed E-state index contributed by atoms with van der Waals surface area (Å²) in [5.41, 5.74) is 0.700. The third-order valence-electron chi connectivity index (χ3n) is 2.81. The predicted molar refractivity (Wildman–Crippen MR) is 74.3 cm³/mol. The Morgan fingerprint density at radius 1 is 1.05 bits per heavy atom. The van der Waals surface area contributed by atoms with E-state index in [9.17, 15) is 13.2 Å². The summed E-state index contributed by atoms with van der Waals surface area (Å²) in [5, 5.41) is 3.36. The van der Waals surface area contributed by atoms with Gasteiger partial charge in [-0.1, -0.05) is 18.3 Å². The Bertz CT molecular complexity index is 851. The second-order valence-electron chi connectivity index (χ2n) is 4.29. The number of halogens is 3. The number of rotatable bonds is 2. The van der Waals surface area contributed by atoms with Gasteiger partial charge in [-0.2, -0.15) is 13.2 Å². The summed E-state index contributed by atoms with van der Waals surface area (Å²) in [4.78, 5) is 7.31. The molecule has 112 valence electrons. The molecule has 0 saturated carbocycles.